The molecule has 0 aliphatic rings. The van der Waals surface area contributed by atoms with Gasteiger partial charge in [0.05, 0.1) is 12.3 Å². The van der Waals surface area contributed by atoms with Gasteiger partial charge in [0.25, 0.3) is 5.91 Å². The predicted molar refractivity (Wildman–Crippen MR) is 128 cm³/mol. The summed E-state index contributed by atoms with van der Waals surface area (Å²) in [7, 11) is 0. The number of thioether (sulfide) groups is 1. The van der Waals surface area contributed by atoms with Crippen LogP contribution in [0.15, 0.2) is 66.3 Å². The van der Waals surface area contributed by atoms with Crippen molar-refractivity contribution in [3.63, 3.8) is 0 Å². The lowest BCUT2D eigenvalue weighted by molar-refractivity contribution is -0.113. The lowest BCUT2D eigenvalue weighted by atomic mass is 10.1. The first-order chi connectivity index (χ1) is 15.5. The van der Waals surface area contributed by atoms with Crippen LogP contribution in [0.4, 0.5) is 5.69 Å². The fraction of sp³-hybridized carbons (Fsp3) is 0.217. The molecule has 0 fully saturated rings. The molecule has 7 nitrogen and oxygen atoms in total. The third kappa shape index (κ3) is 6.21. The van der Waals surface area contributed by atoms with Crippen molar-refractivity contribution in [2.75, 3.05) is 11.1 Å². The van der Waals surface area contributed by atoms with Gasteiger partial charge in [0, 0.05) is 22.8 Å². The maximum absolute atomic E-state index is 12.5. The van der Waals surface area contributed by atoms with Crippen LogP contribution in [-0.2, 0) is 24.3 Å². The van der Waals surface area contributed by atoms with E-state index in [1.54, 1.807) is 30.3 Å². The van der Waals surface area contributed by atoms with Gasteiger partial charge in [-0.05, 0) is 36.2 Å². The van der Waals surface area contributed by atoms with Gasteiger partial charge in [-0.2, -0.15) is 0 Å². The van der Waals surface area contributed by atoms with Crippen molar-refractivity contribution < 1.29 is 9.59 Å². The molecular formula is C23H24ClN5O2S. The van der Waals surface area contributed by atoms with E-state index in [4.69, 9.17) is 11.6 Å². The Labute approximate surface area is 196 Å². The van der Waals surface area contributed by atoms with Crippen molar-refractivity contribution in [1.29, 1.82) is 0 Å². The average molecular weight is 470 g/mol. The molecule has 32 heavy (non-hydrogen) atoms. The number of benzene rings is 2. The Bertz CT molecular complexity index is 1120. The number of aryl methyl sites for hydroxylation is 1. The molecule has 2 N–H and O–H groups in total. The van der Waals surface area contributed by atoms with Gasteiger partial charge in [0.1, 0.15) is 0 Å². The van der Waals surface area contributed by atoms with Gasteiger partial charge < -0.3 is 15.2 Å². The zero-order chi connectivity index (χ0) is 22.9. The summed E-state index contributed by atoms with van der Waals surface area (Å²) < 4.78 is 1.82. The molecule has 0 aliphatic heterocycles. The molecule has 0 saturated heterocycles. The summed E-state index contributed by atoms with van der Waals surface area (Å²) in [5.74, 6) is 0.366. The fourth-order valence-corrected chi connectivity index (χ4v) is 3.98. The summed E-state index contributed by atoms with van der Waals surface area (Å²) in [6.07, 6.45) is 2.55. The van der Waals surface area contributed by atoms with E-state index in [2.05, 4.69) is 27.4 Å². The monoisotopic (exact) mass is 469 g/mol. The molecule has 9 heteroatoms. The summed E-state index contributed by atoms with van der Waals surface area (Å²) in [5.41, 5.74) is 2.36. The van der Waals surface area contributed by atoms with Crippen LogP contribution in [0.1, 0.15) is 28.7 Å². The van der Waals surface area contributed by atoms with Crippen molar-refractivity contribution in [3.05, 3.63) is 83.2 Å². The van der Waals surface area contributed by atoms with Crippen LogP contribution in [0, 0.1) is 0 Å². The number of carbonyl (C=O) groups excluding carboxylic acids is 2. The van der Waals surface area contributed by atoms with Crippen molar-refractivity contribution in [3.8, 4) is 0 Å². The molecular weight excluding hydrogens is 446 g/mol. The van der Waals surface area contributed by atoms with Crippen LogP contribution < -0.4 is 10.6 Å². The summed E-state index contributed by atoms with van der Waals surface area (Å²) in [4.78, 5) is 24.8. The number of aromatic nitrogens is 3. The van der Waals surface area contributed by atoms with E-state index in [1.165, 1.54) is 11.8 Å². The van der Waals surface area contributed by atoms with Crippen molar-refractivity contribution in [2.45, 2.75) is 31.6 Å². The SMILES string of the molecule is C=CCn1c(CNC(=O)c2cccc(Cl)c2)nnc1SCC(=O)Nc1ccccc1CC. The number of rotatable bonds is 10. The number of nitrogens with zero attached hydrogens (tertiary/aromatic N) is 3. The Hall–Kier alpha value is -3.10. The zero-order valence-electron chi connectivity index (χ0n) is 17.7. The standard InChI is InChI=1S/C23H24ClN5O2S/c1-3-12-29-20(14-25-22(31)17-9-7-10-18(24)13-17)27-28-23(29)32-15-21(30)26-19-11-6-5-8-16(19)4-2/h3,5-11,13H,1,4,12,14-15H2,2H3,(H,25,31)(H,26,30). The number of allylic oxidation sites excluding steroid dienone is 1. The van der Waals surface area contributed by atoms with E-state index in [9.17, 15) is 9.59 Å². The largest absolute Gasteiger partial charge is 0.345 e. The number of amides is 2. The second kappa shape index (κ2) is 11.5. The topological polar surface area (TPSA) is 88.9 Å². The van der Waals surface area contributed by atoms with Gasteiger partial charge in [-0.25, -0.2) is 0 Å². The van der Waals surface area contributed by atoms with Gasteiger partial charge in [0.15, 0.2) is 11.0 Å². The maximum atomic E-state index is 12.5. The quantitative estimate of drug-likeness (QED) is 0.340. The van der Waals surface area contributed by atoms with Crippen LogP contribution in [0.5, 0.6) is 0 Å². The summed E-state index contributed by atoms with van der Waals surface area (Å²) >= 11 is 7.23. The molecule has 0 aliphatic carbocycles. The van der Waals surface area contributed by atoms with Crippen molar-refractivity contribution in [1.82, 2.24) is 20.1 Å². The van der Waals surface area contributed by atoms with Gasteiger partial charge >= 0.3 is 0 Å². The van der Waals surface area contributed by atoms with Gasteiger partial charge in [-0.15, -0.1) is 16.8 Å². The Kier molecular flexibility index (Phi) is 8.47. The molecule has 0 unspecified atom stereocenters. The first-order valence-corrected chi connectivity index (χ1v) is 11.5. The van der Waals surface area contributed by atoms with E-state index in [0.717, 1.165) is 17.7 Å². The molecule has 0 atom stereocenters. The minimum Gasteiger partial charge on any atom is -0.345 e. The van der Waals surface area contributed by atoms with Crippen LogP contribution in [-0.4, -0.2) is 32.3 Å². The van der Waals surface area contributed by atoms with Crippen LogP contribution in [0.25, 0.3) is 0 Å². The molecule has 1 aromatic heterocycles. The van der Waals surface area contributed by atoms with E-state index in [-0.39, 0.29) is 24.1 Å². The number of anilines is 1. The van der Waals surface area contributed by atoms with E-state index < -0.39 is 0 Å². The third-order valence-electron chi connectivity index (χ3n) is 4.60. The molecule has 1 heterocycles. The molecule has 2 aromatic carbocycles. The predicted octanol–water partition coefficient (Wildman–Crippen LogP) is 4.34. The summed E-state index contributed by atoms with van der Waals surface area (Å²) in [6.45, 7) is 6.46. The van der Waals surface area contributed by atoms with Gasteiger partial charge in [-0.3, -0.25) is 9.59 Å². The second-order valence-electron chi connectivity index (χ2n) is 6.84. The lowest BCUT2D eigenvalue weighted by Gasteiger charge is -2.10. The molecule has 166 valence electrons. The highest BCUT2D eigenvalue weighted by Crippen LogP contribution is 2.20. The highest BCUT2D eigenvalue weighted by molar-refractivity contribution is 7.99. The Balaban J connectivity index is 1.62. The minimum atomic E-state index is -0.260. The summed E-state index contributed by atoms with van der Waals surface area (Å²) in [5, 5.41) is 15.2. The third-order valence-corrected chi connectivity index (χ3v) is 5.81. The van der Waals surface area contributed by atoms with Crippen LogP contribution in [0.2, 0.25) is 5.02 Å². The first-order valence-electron chi connectivity index (χ1n) is 10.1. The Morgan fingerprint density at radius 2 is 2.00 bits per heavy atom. The van der Waals surface area contributed by atoms with E-state index >= 15 is 0 Å². The minimum absolute atomic E-state index is 0.125. The first kappa shape index (κ1) is 23.6. The number of nitrogens with one attached hydrogen (secondary N) is 2. The summed E-state index contributed by atoms with van der Waals surface area (Å²) in [6, 6.07) is 14.4. The molecule has 3 aromatic rings. The molecule has 0 saturated carbocycles. The second-order valence-corrected chi connectivity index (χ2v) is 8.22. The highest BCUT2D eigenvalue weighted by atomic mass is 35.5. The van der Waals surface area contributed by atoms with Crippen LogP contribution in [0.3, 0.4) is 0 Å². The number of hydrogen-bond acceptors (Lipinski definition) is 5. The van der Waals surface area contributed by atoms with E-state index in [1.807, 2.05) is 35.8 Å². The lowest BCUT2D eigenvalue weighted by Crippen LogP contribution is -2.24. The number of carbonyl (C=O) groups is 2. The molecule has 3 rings (SSSR count). The van der Waals surface area contributed by atoms with Gasteiger partial charge in [-0.1, -0.05) is 60.6 Å². The normalized spacial score (nSPS) is 10.6. The molecule has 2 amide bonds. The van der Waals surface area contributed by atoms with Crippen molar-refractivity contribution in [2.24, 2.45) is 0 Å². The number of halogens is 1. The number of hydrogen-bond donors (Lipinski definition) is 2. The molecule has 0 bridgehead atoms. The van der Waals surface area contributed by atoms with Gasteiger partial charge in [0.2, 0.25) is 5.91 Å². The zero-order valence-corrected chi connectivity index (χ0v) is 19.2. The van der Waals surface area contributed by atoms with Crippen LogP contribution >= 0.6 is 23.4 Å². The van der Waals surface area contributed by atoms with Crippen molar-refractivity contribution >= 4 is 40.9 Å². The average Bonchev–Trinajstić information content (AvgIpc) is 3.18. The Morgan fingerprint density at radius 3 is 2.75 bits per heavy atom. The Morgan fingerprint density at radius 1 is 1.19 bits per heavy atom. The maximum Gasteiger partial charge on any atom is 0.251 e. The number of para-hydroxylation sites is 1. The van der Waals surface area contributed by atoms with E-state index in [0.29, 0.717) is 28.1 Å². The smallest absolute Gasteiger partial charge is 0.251 e. The molecule has 0 spiro atoms. The highest BCUT2D eigenvalue weighted by Gasteiger charge is 2.15. The fourth-order valence-electron chi connectivity index (χ4n) is 3.03. The molecule has 0 radical (unpaired) electrons.